The zero-order valence-electron chi connectivity index (χ0n) is 17.1. The van der Waals surface area contributed by atoms with Crippen molar-refractivity contribution in [3.05, 3.63) is 59.7 Å². The topological polar surface area (TPSA) is 58.6 Å². The SMILES string of the molecule is CCC1Oc2ccc(NC(=O)C(CC)c3ccccc3)cc2CN(C2CC2)C1=O. The highest BCUT2D eigenvalue weighted by Crippen LogP contribution is 2.35. The molecule has 29 heavy (non-hydrogen) atoms. The second-order valence-corrected chi connectivity index (χ2v) is 7.90. The first-order valence-electron chi connectivity index (χ1n) is 10.6. The minimum atomic E-state index is -0.431. The van der Waals surface area contributed by atoms with Gasteiger partial charge >= 0.3 is 0 Å². The Morgan fingerprint density at radius 1 is 1.17 bits per heavy atom. The summed E-state index contributed by atoms with van der Waals surface area (Å²) >= 11 is 0. The van der Waals surface area contributed by atoms with Crippen LogP contribution in [-0.2, 0) is 16.1 Å². The maximum Gasteiger partial charge on any atom is 0.264 e. The quantitative estimate of drug-likeness (QED) is 0.788. The van der Waals surface area contributed by atoms with Crippen LogP contribution in [0.15, 0.2) is 48.5 Å². The van der Waals surface area contributed by atoms with Crippen LogP contribution >= 0.6 is 0 Å². The lowest BCUT2D eigenvalue weighted by atomic mass is 9.95. The normalized spacial score (nSPS) is 19.7. The van der Waals surface area contributed by atoms with Crippen LogP contribution in [0, 0.1) is 0 Å². The fourth-order valence-corrected chi connectivity index (χ4v) is 3.99. The smallest absolute Gasteiger partial charge is 0.264 e. The van der Waals surface area contributed by atoms with E-state index in [1.165, 1.54) is 0 Å². The summed E-state index contributed by atoms with van der Waals surface area (Å²) in [7, 11) is 0. The summed E-state index contributed by atoms with van der Waals surface area (Å²) in [5.74, 6) is 0.600. The molecule has 5 heteroatoms. The van der Waals surface area contributed by atoms with Gasteiger partial charge in [-0.1, -0.05) is 44.2 Å². The Hall–Kier alpha value is -2.82. The molecule has 2 aromatic carbocycles. The number of nitrogens with zero attached hydrogens (tertiary/aromatic N) is 1. The second kappa shape index (κ2) is 8.27. The molecule has 2 atom stereocenters. The van der Waals surface area contributed by atoms with Gasteiger partial charge in [0.25, 0.3) is 5.91 Å². The molecular weight excluding hydrogens is 364 g/mol. The van der Waals surface area contributed by atoms with Gasteiger partial charge in [-0.3, -0.25) is 9.59 Å². The molecule has 4 rings (SSSR count). The fraction of sp³-hybridized carbons (Fsp3) is 0.417. The minimum Gasteiger partial charge on any atom is -0.480 e. The first kappa shape index (κ1) is 19.5. The van der Waals surface area contributed by atoms with Crippen LogP contribution in [0.4, 0.5) is 5.69 Å². The molecule has 152 valence electrons. The van der Waals surface area contributed by atoms with Crippen molar-refractivity contribution in [2.45, 2.75) is 64.1 Å². The van der Waals surface area contributed by atoms with E-state index in [0.29, 0.717) is 19.0 Å². The van der Waals surface area contributed by atoms with Crippen molar-refractivity contribution in [1.82, 2.24) is 4.90 Å². The summed E-state index contributed by atoms with van der Waals surface area (Å²) < 4.78 is 6.02. The van der Waals surface area contributed by atoms with Crippen LogP contribution in [0.2, 0.25) is 0 Å². The molecule has 2 aromatic rings. The average molecular weight is 392 g/mol. The number of carbonyl (C=O) groups is 2. The first-order valence-corrected chi connectivity index (χ1v) is 10.6. The fourth-order valence-electron chi connectivity index (χ4n) is 3.99. The van der Waals surface area contributed by atoms with E-state index >= 15 is 0 Å². The molecule has 0 aromatic heterocycles. The molecule has 0 spiro atoms. The molecule has 1 heterocycles. The third-order valence-electron chi connectivity index (χ3n) is 5.78. The number of carbonyl (C=O) groups excluding carboxylic acids is 2. The number of nitrogens with one attached hydrogen (secondary N) is 1. The van der Waals surface area contributed by atoms with Gasteiger partial charge in [-0.2, -0.15) is 0 Å². The van der Waals surface area contributed by atoms with E-state index in [1.54, 1.807) is 0 Å². The van der Waals surface area contributed by atoms with Gasteiger partial charge in [0.05, 0.1) is 5.92 Å². The van der Waals surface area contributed by atoms with E-state index in [1.807, 2.05) is 67.3 Å². The van der Waals surface area contributed by atoms with Gasteiger partial charge in [-0.25, -0.2) is 0 Å². The van der Waals surface area contributed by atoms with Crippen molar-refractivity contribution in [2.24, 2.45) is 0 Å². The Balaban J connectivity index is 1.55. The highest BCUT2D eigenvalue weighted by molar-refractivity contribution is 5.96. The van der Waals surface area contributed by atoms with Crippen LogP contribution in [0.1, 0.15) is 56.6 Å². The molecule has 2 amide bonds. The third-order valence-corrected chi connectivity index (χ3v) is 5.78. The molecule has 1 aliphatic carbocycles. The maximum absolute atomic E-state index is 12.9. The third kappa shape index (κ3) is 4.14. The molecule has 2 unspecified atom stereocenters. The Labute approximate surface area is 172 Å². The summed E-state index contributed by atoms with van der Waals surface area (Å²) in [6.07, 6.45) is 3.06. The Kier molecular flexibility index (Phi) is 5.56. The highest BCUT2D eigenvalue weighted by Gasteiger charge is 2.38. The zero-order valence-corrected chi connectivity index (χ0v) is 17.1. The molecule has 2 aliphatic rings. The van der Waals surface area contributed by atoms with E-state index in [2.05, 4.69) is 5.32 Å². The van der Waals surface area contributed by atoms with Crippen molar-refractivity contribution in [2.75, 3.05) is 5.32 Å². The van der Waals surface area contributed by atoms with Crippen molar-refractivity contribution in [3.63, 3.8) is 0 Å². The van der Waals surface area contributed by atoms with Gasteiger partial charge in [-0.05, 0) is 49.4 Å². The monoisotopic (exact) mass is 392 g/mol. The average Bonchev–Trinajstić information content (AvgIpc) is 3.57. The summed E-state index contributed by atoms with van der Waals surface area (Å²) in [5.41, 5.74) is 2.71. The molecule has 1 N–H and O–H groups in total. The van der Waals surface area contributed by atoms with Crippen LogP contribution in [0.5, 0.6) is 5.75 Å². The first-order chi connectivity index (χ1) is 14.1. The molecule has 1 saturated carbocycles. The number of anilines is 1. The van der Waals surface area contributed by atoms with Crippen LogP contribution in [0.3, 0.4) is 0 Å². The molecule has 5 nitrogen and oxygen atoms in total. The van der Waals surface area contributed by atoms with Gasteiger partial charge in [0.1, 0.15) is 5.75 Å². The van der Waals surface area contributed by atoms with E-state index < -0.39 is 6.10 Å². The van der Waals surface area contributed by atoms with Crippen LogP contribution < -0.4 is 10.1 Å². The lowest BCUT2D eigenvalue weighted by Crippen LogP contribution is -2.40. The largest absolute Gasteiger partial charge is 0.480 e. The molecule has 0 radical (unpaired) electrons. The van der Waals surface area contributed by atoms with Gasteiger partial charge in [-0.15, -0.1) is 0 Å². The summed E-state index contributed by atoms with van der Waals surface area (Å²) in [6, 6.07) is 15.9. The number of fused-ring (bicyclic) bond motifs is 1. The second-order valence-electron chi connectivity index (χ2n) is 7.90. The van der Waals surface area contributed by atoms with Crippen LogP contribution in [0.25, 0.3) is 0 Å². The van der Waals surface area contributed by atoms with Gasteiger partial charge in [0.15, 0.2) is 6.10 Å². The number of hydrogen-bond donors (Lipinski definition) is 1. The Morgan fingerprint density at radius 2 is 1.93 bits per heavy atom. The maximum atomic E-state index is 12.9. The summed E-state index contributed by atoms with van der Waals surface area (Å²) in [5, 5.41) is 3.06. The van der Waals surface area contributed by atoms with Gasteiger partial charge in [0.2, 0.25) is 5.91 Å². The van der Waals surface area contributed by atoms with E-state index in [4.69, 9.17) is 4.74 Å². The van der Waals surface area contributed by atoms with E-state index in [0.717, 1.165) is 41.8 Å². The number of rotatable bonds is 6. The Morgan fingerprint density at radius 3 is 2.59 bits per heavy atom. The van der Waals surface area contributed by atoms with Crippen LogP contribution in [-0.4, -0.2) is 28.9 Å². The van der Waals surface area contributed by atoms with E-state index in [-0.39, 0.29) is 17.7 Å². The number of benzene rings is 2. The van der Waals surface area contributed by atoms with Crippen molar-refractivity contribution in [1.29, 1.82) is 0 Å². The standard InChI is InChI=1S/C24H28N2O3/c1-3-20(16-8-6-5-7-9-16)23(27)25-18-10-13-22-17(14-18)15-26(19-11-12-19)24(28)21(4-2)29-22/h5-10,13-14,19-21H,3-4,11-12,15H2,1-2H3,(H,25,27). The minimum absolute atomic E-state index is 0.0187. The lowest BCUT2D eigenvalue weighted by molar-refractivity contribution is -0.139. The zero-order chi connectivity index (χ0) is 20.4. The Bertz CT molecular complexity index is 892. The van der Waals surface area contributed by atoms with E-state index in [9.17, 15) is 9.59 Å². The predicted molar refractivity (Wildman–Crippen MR) is 113 cm³/mol. The molecule has 0 bridgehead atoms. The van der Waals surface area contributed by atoms with Crippen molar-refractivity contribution < 1.29 is 14.3 Å². The highest BCUT2D eigenvalue weighted by atomic mass is 16.5. The number of hydrogen-bond acceptors (Lipinski definition) is 3. The van der Waals surface area contributed by atoms with Crippen molar-refractivity contribution >= 4 is 17.5 Å². The summed E-state index contributed by atoms with van der Waals surface area (Å²) in [6.45, 7) is 4.53. The summed E-state index contributed by atoms with van der Waals surface area (Å²) in [4.78, 5) is 27.7. The van der Waals surface area contributed by atoms with Gasteiger partial charge < -0.3 is 15.0 Å². The van der Waals surface area contributed by atoms with Gasteiger partial charge in [0, 0.05) is 23.8 Å². The molecule has 0 saturated heterocycles. The molecular formula is C24H28N2O3. The molecule has 1 fully saturated rings. The number of amides is 2. The lowest BCUT2D eigenvalue weighted by Gasteiger charge is -2.22. The predicted octanol–water partition coefficient (Wildman–Crippen LogP) is 4.48. The van der Waals surface area contributed by atoms with Crippen molar-refractivity contribution in [3.8, 4) is 5.75 Å². The number of ether oxygens (including phenoxy) is 1. The molecule has 1 aliphatic heterocycles.